The van der Waals surface area contributed by atoms with Crippen molar-refractivity contribution in [2.24, 2.45) is 7.05 Å². The predicted octanol–water partition coefficient (Wildman–Crippen LogP) is 0.171. The minimum absolute atomic E-state index is 0.285. The van der Waals surface area contributed by atoms with Gasteiger partial charge in [0.1, 0.15) is 17.5 Å². The summed E-state index contributed by atoms with van der Waals surface area (Å²) in [6.45, 7) is 3.21. The molecule has 1 saturated heterocycles. The van der Waals surface area contributed by atoms with Crippen LogP contribution in [0.3, 0.4) is 0 Å². The summed E-state index contributed by atoms with van der Waals surface area (Å²) in [6, 6.07) is 2.17. The number of nitrogens with zero attached hydrogens (tertiary/aromatic N) is 4. The van der Waals surface area contributed by atoms with Crippen LogP contribution in [0.2, 0.25) is 0 Å². The Kier molecular flexibility index (Phi) is 2.37. The highest BCUT2D eigenvalue weighted by Gasteiger charge is 2.26. The number of nitriles is 1. The van der Waals surface area contributed by atoms with Crippen LogP contribution in [0.1, 0.15) is 17.7 Å². The maximum absolute atomic E-state index is 9.47. The molecule has 0 bridgehead atoms. The number of aromatic nitrogens is 2. The van der Waals surface area contributed by atoms with E-state index in [4.69, 9.17) is 5.26 Å². The second-order valence-corrected chi connectivity index (χ2v) is 3.91. The molecule has 5 nitrogen and oxygen atoms in total. The van der Waals surface area contributed by atoms with Crippen LogP contribution in [0.4, 0.5) is 5.82 Å². The largest absolute Gasteiger partial charge is 0.391 e. The lowest BCUT2D eigenvalue weighted by Crippen LogP contribution is -2.24. The first kappa shape index (κ1) is 9.99. The van der Waals surface area contributed by atoms with Crippen LogP contribution < -0.4 is 4.90 Å². The van der Waals surface area contributed by atoms with Gasteiger partial charge in [-0.25, -0.2) is 0 Å². The number of aryl methyl sites for hydroxylation is 2. The van der Waals surface area contributed by atoms with Gasteiger partial charge in [0.15, 0.2) is 0 Å². The third kappa shape index (κ3) is 1.57. The van der Waals surface area contributed by atoms with E-state index >= 15 is 0 Å². The molecule has 1 atom stereocenters. The molecule has 5 heteroatoms. The zero-order valence-corrected chi connectivity index (χ0v) is 8.93. The summed E-state index contributed by atoms with van der Waals surface area (Å²) in [5, 5.41) is 22.7. The van der Waals surface area contributed by atoms with E-state index < -0.39 is 0 Å². The van der Waals surface area contributed by atoms with Gasteiger partial charge in [-0.3, -0.25) is 4.68 Å². The fourth-order valence-corrected chi connectivity index (χ4v) is 2.07. The Morgan fingerprint density at radius 2 is 2.33 bits per heavy atom. The molecule has 0 aromatic carbocycles. The van der Waals surface area contributed by atoms with Crippen LogP contribution in [0.25, 0.3) is 0 Å². The van der Waals surface area contributed by atoms with Gasteiger partial charge in [-0.2, -0.15) is 10.4 Å². The lowest BCUT2D eigenvalue weighted by molar-refractivity contribution is 0.198. The first-order valence-electron chi connectivity index (χ1n) is 5.00. The van der Waals surface area contributed by atoms with E-state index in [1.165, 1.54) is 0 Å². The third-order valence-corrected chi connectivity index (χ3v) is 2.77. The van der Waals surface area contributed by atoms with Crippen LogP contribution in [0, 0.1) is 18.3 Å². The van der Waals surface area contributed by atoms with Crippen molar-refractivity contribution in [1.82, 2.24) is 9.78 Å². The summed E-state index contributed by atoms with van der Waals surface area (Å²) in [7, 11) is 1.83. The van der Waals surface area contributed by atoms with Crippen molar-refractivity contribution in [3.8, 4) is 6.07 Å². The van der Waals surface area contributed by atoms with E-state index in [0.717, 1.165) is 24.5 Å². The summed E-state index contributed by atoms with van der Waals surface area (Å²) < 4.78 is 1.71. The first-order chi connectivity index (χ1) is 7.13. The maximum Gasteiger partial charge on any atom is 0.145 e. The number of hydrogen-bond acceptors (Lipinski definition) is 4. The summed E-state index contributed by atoms with van der Waals surface area (Å²) in [5.41, 5.74) is 1.36. The lowest BCUT2D eigenvalue weighted by Gasteiger charge is -2.17. The second-order valence-electron chi connectivity index (χ2n) is 3.91. The number of hydrogen-bond donors (Lipinski definition) is 1. The molecule has 1 fully saturated rings. The zero-order valence-electron chi connectivity index (χ0n) is 8.93. The van der Waals surface area contributed by atoms with Gasteiger partial charge in [0.05, 0.1) is 11.8 Å². The molecule has 1 aromatic rings. The van der Waals surface area contributed by atoms with Gasteiger partial charge in [0.2, 0.25) is 0 Å². The van der Waals surface area contributed by atoms with E-state index in [2.05, 4.69) is 11.2 Å². The minimum atomic E-state index is -0.285. The zero-order chi connectivity index (χ0) is 11.0. The Labute approximate surface area is 88.5 Å². The van der Waals surface area contributed by atoms with Gasteiger partial charge in [0.25, 0.3) is 0 Å². The number of β-amino-alcohol motifs (C(OH)–C–C–N with tert-alkyl or cyclic N) is 1. The lowest BCUT2D eigenvalue weighted by atomic mass is 10.2. The molecule has 0 radical (unpaired) electrons. The van der Waals surface area contributed by atoms with Crippen LogP contribution in [-0.2, 0) is 7.05 Å². The standard InChI is InChI=1S/C10H14N4O/c1-7-9(5-11)10(13(2)12-7)14-4-3-8(15)6-14/h8,15H,3-4,6H2,1-2H3/t8-/m1/s1. The Bertz CT molecular complexity index is 418. The molecule has 1 N–H and O–H groups in total. The van der Waals surface area contributed by atoms with Crippen molar-refractivity contribution in [2.75, 3.05) is 18.0 Å². The van der Waals surface area contributed by atoms with Crippen molar-refractivity contribution in [3.63, 3.8) is 0 Å². The van der Waals surface area contributed by atoms with E-state index in [-0.39, 0.29) is 6.10 Å². The molecule has 1 aromatic heterocycles. The van der Waals surface area contributed by atoms with Crippen LogP contribution >= 0.6 is 0 Å². The van der Waals surface area contributed by atoms with Crippen molar-refractivity contribution < 1.29 is 5.11 Å². The Balaban J connectivity index is 2.39. The van der Waals surface area contributed by atoms with Gasteiger partial charge in [-0.1, -0.05) is 0 Å². The number of aliphatic hydroxyl groups excluding tert-OH is 1. The van der Waals surface area contributed by atoms with Gasteiger partial charge in [-0.15, -0.1) is 0 Å². The normalized spacial score (nSPS) is 20.7. The summed E-state index contributed by atoms with van der Waals surface area (Å²) >= 11 is 0. The topological polar surface area (TPSA) is 65.1 Å². The van der Waals surface area contributed by atoms with Gasteiger partial charge in [0, 0.05) is 20.1 Å². The molecule has 0 unspecified atom stereocenters. The van der Waals surface area contributed by atoms with Crippen LogP contribution in [0.15, 0.2) is 0 Å². The average molecular weight is 206 g/mol. The highest BCUT2D eigenvalue weighted by molar-refractivity contribution is 5.57. The number of aliphatic hydroxyl groups is 1. The molecule has 2 heterocycles. The molecular weight excluding hydrogens is 192 g/mol. The summed E-state index contributed by atoms with van der Waals surface area (Å²) in [5.74, 6) is 0.826. The first-order valence-corrected chi connectivity index (χ1v) is 5.00. The van der Waals surface area contributed by atoms with Crippen molar-refractivity contribution in [1.29, 1.82) is 5.26 Å². The molecule has 1 aliphatic rings. The predicted molar refractivity (Wildman–Crippen MR) is 55.5 cm³/mol. The van der Waals surface area contributed by atoms with Crippen LogP contribution in [-0.4, -0.2) is 34.1 Å². The molecule has 1 aliphatic heterocycles. The molecule has 0 saturated carbocycles. The quantitative estimate of drug-likeness (QED) is 0.711. The second kappa shape index (κ2) is 3.55. The monoisotopic (exact) mass is 206 g/mol. The van der Waals surface area contributed by atoms with E-state index in [1.807, 2.05) is 18.9 Å². The maximum atomic E-state index is 9.47. The van der Waals surface area contributed by atoms with Crippen LogP contribution in [0.5, 0.6) is 0 Å². The Morgan fingerprint density at radius 1 is 1.60 bits per heavy atom. The van der Waals surface area contributed by atoms with E-state index in [9.17, 15) is 5.11 Å². The molecule has 80 valence electrons. The fourth-order valence-electron chi connectivity index (χ4n) is 2.07. The molecule has 0 aliphatic carbocycles. The highest BCUT2D eigenvalue weighted by atomic mass is 16.3. The third-order valence-electron chi connectivity index (χ3n) is 2.77. The fraction of sp³-hybridized carbons (Fsp3) is 0.600. The van der Waals surface area contributed by atoms with E-state index in [0.29, 0.717) is 12.1 Å². The average Bonchev–Trinajstić information content (AvgIpc) is 2.70. The van der Waals surface area contributed by atoms with Crippen molar-refractivity contribution >= 4 is 5.82 Å². The SMILES string of the molecule is Cc1nn(C)c(N2CC[C@@H](O)C2)c1C#N. The molecule has 15 heavy (non-hydrogen) atoms. The molecule has 0 spiro atoms. The van der Waals surface area contributed by atoms with Gasteiger partial charge >= 0.3 is 0 Å². The van der Waals surface area contributed by atoms with Gasteiger partial charge < -0.3 is 10.0 Å². The molecular formula is C10H14N4O. The summed E-state index contributed by atoms with van der Waals surface area (Å²) in [4.78, 5) is 2.02. The number of anilines is 1. The van der Waals surface area contributed by atoms with Gasteiger partial charge in [-0.05, 0) is 13.3 Å². The smallest absolute Gasteiger partial charge is 0.145 e. The minimum Gasteiger partial charge on any atom is -0.391 e. The van der Waals surface area contributed by atoms with E-state index in [1.54, 1.807) is 4.68 Å². The Morgan fingerprint density at radius 3 is 2.87 bits per heavy atom. The molecule has 0 amide bonds. The highest BCUT2D eigenvalue weighted by Crippen LogP contribution is 2.25. The van der Waals surface area contributed by atoms with Crippen molar-refractivity contribution in [2.45, 2.75) is 19.4 Å². The number of rotatable bonds is 1. The summed E-state index contributed by atoms with van der Waals surface area (Å²) in [6.07, 6.45) is 0.474. The van der Waals surface area contributed by atoms with Crippen molar-refractivity contribution in [3.05, 3.63) is 11.3 Å². The molecule has 2 rings (SSSR count). The Hall–Kier alpha value is -1.54.